The van der Waals surface area contributed by atoms with Gasteiger partial charge in [-0.25, -0.2) is 0 Å². The highest BCUT2D eigenvalue weighted by molar-refractivity contribution is 8.00. The van der Waals surface area contributed by atoms with E-state index in [4.69, 9.17) is 15.6 Å². The van der Waals surface area contributed by atoms with Gasteiger partial charge in [-0.2, -0.15) is 0 Å². The van der Waals surface area contributed by atoms with E-state index in [2.05, 4.69) is 0 Å². The number of esters is 1. The first-order valence-electron chi connectivity index (χ1n) is 10.1. The molecule has 31 heavy (non-hydrogen) atoms. The van der Waals surface area contributed by atoms with Gasteiger partial charge in [0, 0.05) is 12.2 Å². The van der Waals surface area contributed by atoms with Gasteiger partial charge in [-0.05, 0) is 31.7 Å². The molecule has 0 aliphatic carbocycles. The summed E-state index contributed by atoms with van der Waals surface area (Å²) in [6.07, 6.45) is 0.415. The first kappa shape index (κ1) is 24.8. The molecule has 9 nitrogen and oxygen atoms in total. The van der Waals surface area contributed by atoms with Crippen molar-refractivity contribution in [3.8, 4) is 0 Å². The molecular formula is C21H28N2O7S. The van der Waals surface area contributed by atoms with E-state index in [9.17, 15) is 24.3 Å². The Kier molecular flexibility index (Phi) is 9.47. The number of hydrogen-bond donors (Lipinski definition) is 3. The second kappa shape index (κ2) is 11.8. The Morgan fingerprint density at radius 1 is 1.19 bits per heavy atom. The van der Waals surface area contributed by atoms with Gasteiger partial charge in [-0.1, -0.05) is 30.3 Å². The highest BCUT2D eigenvalue weighted by atomic mass is 32.2. The van der Waals surface area contributed by atoms with E-state index in [0.717, 1.165) is 17.3 Å². The summed E-state index contributed by atoms with van der Waals surface area (Å²) in [7, 11) is 0. The first-order chi connectivity index (χ1) is 14.8. The third-order valence-corrected chi connectivity index (χ3v) is 6.37. The SMILES string of the molecule is CCOC(=O)C(CCc1ccccc1)N1C(C(=O)O)CSC1C(=O)[C@@H](N)CCC(=O)O. The van der Waals surface area contributed by atoms with Gasteiger partial charge in [-0.3, -0.25) is 24.1 Å². The number of Topliss-reactive ketones (excluding diaryl/α,β-unsaturated/α-hetero) is 1. The second-order valence-corrected chi connectivity index (χ2v) is 8.33. The third-order valence-electron chi connectivity index (χ3n) is 5.07. The van der Waals surface area contributed by atoms with Crippen LogP contribution in [-0.2, 0) is 30.3 Å². The smallest absolute Gasteiger partial charge is 0.323 e. The van der Waals surface area contributed by atoms with E-state index in [0.29, 0.717) is 6.42 Å². The zero-order valence-corrected chi connectivity index (χ0v) is 18.1. The van der Waals surface area contributed by atoms with Crippen LogP contribution in [0.25, 0.3) is 0 Å². The summed E-state index contributed by atoms with van der Waals surface area (Å²) < 4.78 is 5.20. The van der Waals surface area contributed by atoms with Gasteiger partial charge in [0.25, 0.3) is 0 Å². The van der Waals surface area contributed by atoms with Gasteiger partial charge in [0.1, 0.15) is 17.5 Å². The van der Waals surface area contributed by atoms with Gasteiger partial charge >= 0.3 is 17.9 Å². The van der Waals surface area contributed by atoms with E-state index in [1.807, 2.05) is 30.3 Å². The summed E-state index contributed by atoms with van der Waals surface area (Å²) in [5, 5.41) is 17.6. The molecule has 0 bridgehead atoms. The van der Waals surface area contributed by atoms with Crippen LogP contribution in [0.5, 0.6) is 0 Å². The summed E-state index contributed by atoms with van der Waals surface area (Å²) in [6.45, 7) is 1.78. The lowest BCUT2D eigenvalue weighted by atomic mass is 10.0. The van der Waals surface area contributed by atoms with Gasteiger partial charge in [0.15, 0.2) is 5.78 Å². The number of benzene rings is 1. The molecule has 10 heteroatoms. The molecule has 1 aliphatic rings. The van der Waals surface area contributed by atoms with Crippen molar-refractivity contribution in [3.63, 3.8) is 0 Å². The van der Waals surface area contributed by atoms with E-state index >= 15 is 0 Å². The van der Waals surface area contributed by atoms with Crippen molar-refractivity contribution >= 4 is 35.5 Å². The molecule has 0 spiro atoms. The van der Waals surface area contributed by atoms with Crippen molar-refractivity contribution in [2.75, 3.05) is 12.4 Å². The number of nitrogens with zero attached hydrogens (tertiary/aromatic N) is 1. The predicted molar refractivity (Wildman–Crippen MR) is 115 cm³/mol. The number of aryl methyl sites for hydroxylation is 1. The van der Waals surface area contributed by atoms with Crippen LogP contribution in [0.2, 0.25) is 0 Å². The largest absolute Gasteiger partial charge is 0.481 e. The van der Waals surface area contributed by atoms with Crippen LogP contribution >= 0.6 is 11.8 Å². The maximum absolute atomic E-state index is 13.0. The third kappa shape index (κ3) is 6.78. The maximum atomic E-state index is 13.0. The molecule has 4 N–H and O–H groups in total. The van der Waals surface area contributed by atoms with Gasteiger partial charge in [0.2, 0.25) is 0 Å². The number of carboxylic acids is 2. The number of carbonyl (C=O) groups is 4. The van der Waals surface area contributed by atoms with Gasteiger partial charge in [-0.15, -0.1) is 11.8 Å². The first-order valence-corrected chi connectivity index (χ1v) is 11.1. The normalized spacial score (nSPS) is 20.7. The zero-order chi connectivity index (χ0) is 23.0. The molecule has 3 unspecified atom stereocenters. The molecule has 0 amide bonds. The Morgan fingerprint density at radius 2 is 1.87 bits per heavy atom. The fourth-order valence-corrected chi connectivity index (χ4v) is 4.99. The van der Waals surface area contributed by atoms with E-state index < -0.39 is 47.2 Å². The van der Waals surface area contributed by atoms with Crippen LogP contribution in [0.3, 0.4) is 0 Å². The minimum Gasteiger partial charge on any atom is -0.481 e. The van der Waals surface area contributed by atoms with Crippen LogP contribution < -0.4 is 5.73 Å². The molecule has 2 rings (SSSR count). The van der Waals surface area contributed by atoms with Crippen LogP contribution in [0, 0.1) is 0 Å². The molecular weight excluding hydrogens is 424 g/mol. The van der Waals surface area contributed by atoms with Gasteiger partial charge in [0.05, 0.1) is 12.6 Å². The molecule has 1 aliphatic heterocycles. The molecule has 0 saturated carbocycles. The van der Waals surface area contributed by atoms with Crippen molar-refractivity contribution < 1.29 is 34.1 Å². The number of rotatable bonds is 12. The van der Waals surface area contributed by atoms with E-state index in [-0.39, 0.29) is 31.6 Å². The van der Waals surface area contributed by atoms with E-state index in [1.54, 1.807) is 6.92 Å². The lowest BCUT2D eigenvalue weighted by Crippen LogP contribution is -2.56. The monoisotopic (exact) mass is 452 g/mol. The Balaban J connectivity index is 2.28. The molecule has 1 heterocycles. The van der Waals surface area contributed by atoms with E-state index in [1.165, 1.54) is 4.90 Å². The minimum absolute atomic E-state index is 0.0646. The van der Waals surface area contributed by atoms with Crippen molar-refractivity contribution in [1.82, 2.24) is 4.90 Å². The molecule has 4 atom stereocenters. The lowest BCUT2D eigenvalue weighted by Gasteiger charge is -2.33. The second-order valence-electron chi connectivity index (χ2n) is 7.22. The van der Waals surface area contributed by atoms with Crippen molar-refractivity contribution in [2.24, 2.45) is 5.73 Å². The fourth-order valence-electron chi connectivity index (χ4n) is 3.51. The summed E-state index contributed by atoms with van der Waals surface area (Å²) in [6, 6.07) is 6.34. The highest BCUT2D eigenvalue weighted by Gasteiger charge is 2.48. The number of ketones is 1. The number of carboxylic acid groups (broad SMARTS) is 2. The number of aliphatic carboxylic acids is 2. The summed E-state index contributed by atoms with van der Waals surface area (Å²) in [5.41, 5.74) is 6.88. The van der Waals surface area contributed by atoms with Crippen LogP contribution in [-0.4, -0.2) is 74.7 Å². The highest BCUT2D eigenvalue weighted by Crippen LogP contribution is 2.34. The molecule has 1 fully saturated rings. The Bertz CT molecular complexity index is 789. The predicted octanol–water partition coefficient (Wildman–Crippen LogP) is 1.14. The van der Waals surface area contributed by atoms with Crippen molar-refractivity contribution in [3.05, 3.63) is 35.9 Å². The summed E-state index contributed by atoms with van der Waals surface area (Å²) in [4.78, 5) is 49.9. The van der Waals surface area contributed by atoms with Crippen LogP contribution in [0.1, 0.15) is 31.7 Å². The van der Waals surface area contributed by atoms with Crippen LogP contribution in [0.4, 0.5) is 0 Å². The average Bonchev–Trinajstić information content (AvgIpc) is 3.17. The molecule has 1 saturated heterocycles. The maximum Gasteiger partial charge on any atom is 0.323 e. The summed E-state index contributed by atoms with van der Waals surface area (Å²) >= 11 is 1.10. The van der Waals surface area contributed by atoms with Crippen molar-refractivity contribution in [2.45, 2.75) is 56.1 Å². The molecule has 1 aromatic carbocycles. The minimum atomic E-state index is -1.14. The summed E-state index contributed by atoms with van der Waals surface area (Å²) in [5.74, 6) is -3.18. The van der Waals surface area contributed by atoms with Crippen LogP contribution in [0.15, 0.2) is 30.3 Å². The molecule has 0 aromatic heterocycles. The lowest BCUT2D eigenvalue weighted by molar-refractivity contribution is -0.155. The topological polar surface area (TPSA) is 147 Å². The molecule has 1 aromatic rings. The van der Waals surface area contributed by atoms with Crippen molar-refractivity contribution in [1.29, 1.82) is 0 Å². The average molecular weight is 453 g/mol. The Morgan fingerprint density at radius 3 is 2.45 bits per heavy atom. The molecule has 170 valence electrons. The number of ether oxygens (including phenoxy) is 1. The number of carbonyl (C=O) groups excluding carboxylic acids is 2. The zero-order valence-electron chi connectivity index (χ0n) is 17.3. The quantitative estimate of drug-likeness (QED) is 0.394. The number of nitrogens with two attached hydrogens (primary N) is 1. The number of thioether (sulfide) groups is 1. The van der Waals surface area contributed by atoms with Gasteiger partial charge < -0.3 is 20.7 Å². The molecule has 0 radical (unpaired) electrons. The standard InChI is InChI=1S/C21H28N2O7S/c1-2-30-21(29)15(10-8-13-6-4-3-5-7-13)23-16(20(27)28)12-31-19(23)18(26)14(22)9-11-17(24)25/h3-7,14-16,19H,2,8-12,22H2,1H3,(H,24,25)(H,27,28)/t14-,15?,16?,19?/m0/s1. The Labute approximate surface area is 184 Å². The Hall–Kier alpha value is -2.43. The number of hydrogen-bond acceptors (Lipinski definition) is 8. The fraction of sp³-hybridized carbons (Fsp3) is 0.524.